The summed E-state index contributed by atoms with van der Waals surface area (Å²) in [6.07, 6.45) is 0.0637. The van der Waals surface area contributed by atoms with Crippen LogP contribution in [0.2, 0.25) is 0 Å². The second-order valence-electron chi connectivity index (χ2n) is 1.64. The Hall–Kier alpha value is 0.503. The van der Waals surface area contributed by atoms with Crippen LogP contribution in [0.3, 0.4) is 0 Å². The van der Waals surface area contributed by atoms with Crippen LogP contribution >= 0.6 is 0 Å². The number of morpholine rings is 1. The molecule has 0 amide bonds. The third-order valence-corrected chi connectivity index (χ3v) is 0.950. The van der Waals surface area contributed by atoms with Gasteiger partial charge in [-0.25, -0.2) is 0 Å². The van der Waals surface area contributed by atoms with Crippen LogP contribution in [0.15, 0.2) is 0 Å². The zero-order valence-electron chi connectivity index (χ0n) is 4.54. The van der Waals surface area contributed by atoms with E-state index in [1.807, 2.05) is 0 Å². The summed E-state index contributed by atoms with van der Waals surface area (Å²) in [5, 5.41) is 3.03. The number of nitrogens with two attached hydrogens (primary N) is 1. The topological polar surface area (TPSA) is 47.3 Å². The van der Waals surface area contributed by atoms with Crippen molar-refractivity contribution in [2.75, 3.05) is 19.8 Å². The van der Waals surface area contributed by atoms with Crippen molar-refractivity contribution in [3.05, 3.63) is 0 Å². The molecule has 1 aliphatic rings. The van der Waals surface area contributed by atoms with Gasteiger partial charge < -0.3 is 10.5 Å². The van der Waals surface area contributed by atoms with Crippen molar-refractivity contribution in [1.29, 1.82) is 0 Å². The van der Waals surface area contributed by atoms with E-state index in [4.69, 9.17) is 10.5 Å². The van der Waals surface area contributed by atoms with Crippen molar-refractivity contribution in [2.24, 2.45) is 5.73 Å². The molecule has 4 heteroatoms. The Morgan fingerprint density at radius 3 is 2.62 bits per heavy atom. The van der Waals surface area contributed by atoms with Gasteiger partial charge in [-0.15, -0.1) is 0 Å². The van der Waals surface area contributed by atoms with Crippen molar-refractivity contribution in [2.45, 2.75) is 6.17 Å². The van der Waals surface area contributed by atoms with E-state index in [1.165, 1.54) is 0 Å². The summed E-state index contributed by atoms with van der Waals surface area (Å²) in [6.45, 7) is 2.34. The van der Waals surface area contributed by atoms with Gasteiger partial charge in [0.15, 0.2) is 0 Å². The van der Waals surface area contributed by atoms with Gasteiger partial charge in [0.2, 0.25) is 0 Å². The van der Waals surface area contributed by atoms with Gasteiger partial charge in [-0.3, -0.25) is 5.32 Å². The maximum atomic E-state index is 5.40. The molecule has 0 aliphatic carbocycles. The van der Waals surface area contributed by atoms with E-state index in [-0.39, 0.29) is 25.6 Å². The third-order valence-electron chi connectivity index (χ3n) is 0.950. The van der Waals surface area contributed by atoms with Gasteiger partial charge in [-0.2, -0.15) is 0 Å². The van der Waals surface area contributed by atoms with Crippen molar-refractivity contribution < 1.29 is 24.2 Å². The van der Waals surface area contributed by atoms with E-state index >= 15 is 0 Å². The van der Waals surface area contributed by atoms with Gasteiger partial charge in [-0.05, 0) is 0 Å². The molecule has 1 heterocycles. The predicted molar refractivity (Wildman–Crippen MR) is 26.8 cm³/mol. The van der Waals surface area contributed by atoms with Crippen molar-refractivity contribution in [1.82, 2.24) is 5.32 Å². The number of hydrogen-bond acceptors (Lipinski definition) is 3. The number of ether oxygens (including phenoxy) is 1. The molecular formula is C4H10N2ORu. The van der Waals surface area contributed by atoms with Gasteiger partial charge in [0, 0.05) is 26.0 Å². The molecule has 0 saturated carbocycles. The Morgan fingerprint density at radius 1 is 1.62 bits per heavy atom. The number of hydrogen-bond donors (Lipinski definition) is 2. The van der Waals surface area contributed by atoms with Gasteiger partial charge in [0.25, 0.3) is 0 Å². The molecule has 0 aromatic carbocycles. The minimum atomic E-state index is 0. The third kappa shape index (κ3) is 2.72. The normalized spacial score (nSPS) is 28.9. The Bertz CT molecular complexity index is 56.0. The zero-order valence-corrected chi connectivity index (χ0v) is 6.28. The van der Waals surface area contributed by atoms with Crippen molar-refractivity contribution >= 4 is 0 Å². The first-order valence-electron chi connectivity index (χ1n) is 2.46. The molecule has 0 bridgehead atoms. The maximum Gasteiger partial charge on any atom is 0.0788 e. The van der Waals surface area contributed by atoms with Crippen LogP contribution in [0.4, 0.5) is 0 Å². The summed E-state index contributed by atoms with van der Waals surface area (Å²) < 4.78 is 4.99. The van der Waals surface area contributed by atoms with E-state index < -0.39 is 0 Å². The fraction of sp³-hybridized carbons (Fsp3) is 1.00. The first-order valence-corrected chi connectivity index (χ1v) is 2.46. The Kier molecular flexibility index (Phi) is 4.67. The van der Waals surface area contributed by atoms with E-state index in [2.05, 4.69) is 5.32 Å². The fourth-order valence-corrected chi connectivity index (χ4v) is 0.586. The summed E-state index contributed by atoms with van der Waals surface area (Å²) in [5.41, 5.74) is 5.40. The fourth-order valence-electron chi connectivity index (χ4n) is 0.586. The van der Waals surface area contributed by atoms with Crippen LogP contribution in [0.1, 0.15) is 0 Å². The van der Waals surface area contributed by atoms with E-state index in [1.54, 1.807) is 0 Å². The van der Waals surface area contributed by atoms with E-state index in [0.717, 1.165) is 13.2 Å². The standard InChI is InChI=1S/C4H10N2O.Ru/c5-4-3-7-2-1-6-4;/h4,6H,1-3,5H2;. The van der Waals surface area contributed by atoms with E-state index in [9.17, 15) is 0 Å². The minimum Gasteiger partial charge on any atom is -0.377 e. The second kappa shape index (κ2) is 4.39. The summed E-state index contributed by atoms with van der Waals surface area (Å²) in [6, 6.07) is 0. The van der Waals surface area contributed by atoms with Gasteiger partial charge in [-0.1, -0.05) is 0 Å². The monoisotopic (exact) mass is 204 g/mol. The van der Waals surface area contributed by atoms with Gasteiger partial charge in [0.1, 0.15) is 0 Å². The molecule has 0 radical (unpaired) electrons. The second-order valence-corrected chi connectivity index (χ2v) is 1.64. The largest absolute Gasteiger partial charge is 0.377 e. The molecule has 0 aromatic heterocycles. The summed E-state index contributed by atoms with van der Waals surface area (Å²) in [4.78, 5) is 0. The van der Waals surface area contributed by atoms with Crippen molar-refractivity contribution in [3.63, 3.8) is 0 Å². The van der Waals surface area contributed by atoms with Crippen LogP contribution < -0.4 is 11.1 Å². The summed E-state index contributed by atoms with van der Waals surface area (Å²) in [5.74, 6) is 0. The van der Waals surface area contributed by atoms with Gasteiger partial charge >= 0.3 is 0 Å². The zero-order chi connectivity index (χ0) is 5.11. The number of rotatable bonds is 0. The average molecular weight is 203 g/mol. The SMILES string of the molecule is NC1COCCN1.[Ru]. The Balaban J connectivity index is 0.000000490. The van der Waals surface area contributed by atoms with Crippen LogP contribution in [0, 0.1) is 0 Å². The maximum absolute atomic E-state index is 5.40. The molecule has 3 nitrogen and oxygen atoms in total. The molecule has 1 aliphatic heterocycles. The van der Waals surface area contributed by atoms with Crippen molar-refractivity contribution in [3.8, 4) is 0 Å². The molecule has 0 spiro atoms. The molecule has 8 heavy (non-hydrogen) atoms. The average Bonchev–Trinajstić information content (AvgIpc) is 1.69. The molecule has 1 rings (SSSR count). The molecule has 1 saturated heterocycles. The molecule has 0 aromatic rings. The summed E-state index contributed by atoms with van der Waals surface area (Å²) >= 11 is 0. The van der Waals surface area contributed by atoms with Gasteiger partial charge in [0.05, 0.1) is 19.4 Å². The first-order chi connectivity index (χ1) is 3.39. The number of nitrogens with one attached hydrogen (secondary N) is 1. The molecular weight excluding hydrogens is 193 g/mol. The molecule has 3 N–H and O–H groups in total. The Morgan fingerprint density at radius 2 is 2.38 bits per heavy atom. The van der Waals surface area contributed by atoms with Crippen LogP contribution in [0.5, 0.6) is 0 Å². The van der Waals surface area contributed by atoms with Crippen LogP contribution in [0.25, 0.3) is 0 Å². The molecule has 50 valence electrons. The summed E-state index contributed by atoms with van der Waals surface area (Å²) in [7, 11) is 0. The molecule has 1 fully saturated rings. The van der Waals surface area contributed by atoms with E-state index in [0.29, 0.717) is 6.61 Å². The predicted octanol–water partition coefficient (Wildman–Crippen LogP) is -1.11. The van der Waals surface area contributed by atoms with Crippen LogP contribution in [-0.4, -0.2) is 25.9 Å². The minimum absolute atomic E-state index is 0. The quantitative estimate of drug-likeness (QED) is 0.491. The smallest absolute Gasteiger partial charge is 0.0788 e. The Labute approximate surface area is 61.7 Å². The van der Waals surface area contributed by atoms with Crippen LogP contribution in [-0.2, 0) is 24.2 Å². The molecule has 1 atom stereocenters. The first kappa shape index (κ1) is 8.50. The molecule has 1 unspecified atom stereocenters.